The first-order chi connectivity index (χ1) is 9.35. The Hall–Kier alpha value is -1.10. The van der Waals surface area contributed by atoms with Crippen molar-refractivity contribution in [3.05, 3.63) is 29.8 Å². The molecular weight excluding hydrogens is 242 g/mol. The summed E-state index contributed by atoms with van der Waals surface area (Å²) in [5.41, 5.74) is 1.17. The lowest BCUT2D eigenvalue weighted by atomic mass is 10.0. The summed E-state index contributed by atoms with van der Waals surface area (Å²) in [5, 5.41) is 3.48. The van der Waals surface area contributed by atoms with Gasteiger partial charge in [-0.1, -0.05) is 25.1 Å². The molecule has 1 fully saturated rings. The van der Waals surface area contributed by atoms with E-state index in [2.05, 4.69) is 18.3 Å². The zero-order chi connectivity index (χ0) is 13.5. The molecule has 0 aliphatic carbocycles. The summed E-state index contributed by atoms with van der Waals surface area (Å²) in [5.74, 6) is 0.939. The van der Waals surface area contributed by atoms with Gasteiger partial charge in [0.1, 0.15) is 5.75 Å². The lowest BCUT2D eigenvalue weighted by Crippen LogP contribution is -2.26. The van der Waals surface area contributed by atoms with Gasteiger partial charge in [-0.25, -0.2) is 0 Å². The van der Waals surface area contributed by atoms with Gasteiger partial charge in [0, 0.05) is 18.0 Å². The Bertz CT molecular complexity index is 377. The number of nitrogens with one attached hydrogen (secondary N) is 1. The maximum atomic E-state index is 5.71. The van der Waals surface area contributed by atoms with E-state index in [4.69, 9.17) is 14.2 Å². The molecule has 0 amide bonds. The van der Waals surface area contributed by atoms with E-state index in [1.807, 2.05) is 25.1 Å². The molecule has 1 aromatic carbocycles. The molecule has 1 heterocycles. The van der Waals surface area contributed by atoms with Crippen LogP contribution in [0.15, 0.2) is 24.3 Å². The molecule has 0 bridgehead atoms. The van der Waals surface area contributed by atoms with Crippen LogP contribution in [0.4, 0.5) is 0 Å². The largest absolute Gasteiger partial charge is 0.494 e. The maximum Gasteiger partial charge on any atom is 0.159 e. The molecule has 0 radical (unpaired) electrons. The van der Waals surface area contributed by atoms with Crippen molar-refractivity contribution in [1.29, 1.82) is 0 Å². The van der Waals surface area contributed by atoms with Gasteiger partial charge in [0.25, 0.3) is 0 Å². The van der Waals surface area contributed by atoms with Crippen LogP contribution in [0.1, 0.15) is 31.9 Å². The molecule has 4 nitrogen and oxygen atoms in total. The quantitative estimate of drug-likeness (QED) is 0.822. The fourth-order valence-electron chi connectivity index (χ4n) is 2.36. The molecule has 1 atom stereocenters. The molecule has 2 rings (SSSR count). The minimum atomic E-state index is -0.112. The Balaban J connectivity index is 2.12. The molecule has 1 saturated heterocycles. The van der Waals surface area contributed by atoms with Crippen LogP contribution in [0.5, 0.6) is 5.75 Å². The van der Waals surface area contributed by atoms with Gasteiger partial charge in [-0.2, -0.15) is 0 Å². The lowest BCUT2D eigenvalue weighted by molar-refractivity contribution is -0.0530. The predicted octanol–water partition coefficient (Wildman–Crippen LogP) is 2.50. The van der Waals surface area contributed by atoms with E-state index in [1.54, 1.807) is 0 Å². The van der Waals surface area contributed by atoms with Crippen LogP contribution in [0.2, 0.25) is 0 Å². The summed E-state index contributed by atoms with van der Waals surface area (Å²) in [6.45, 7) is 7.06. The van der Waals surface area contributed by atoms with E-state index in [0.29, 0.717) is 19.8 Å². The van der Waals surface area contributed by atoms with Gasteiger partial charge in [0.15, 0.2) is 6.29 Å². The molecular formula is C15H23NO3. The number of ether oxygens (including phenoxy) is 3. The van der Waals surface area contributed by atoms with Crippen LogP contribution in [0.3, 0.4) is 0 Å². The summed E-state index contributed by atoms with van der Waals surface area (Å²) >= 11 is 0. The average Bonchev–Trinajstić information content (AvgIpc) is 2.92. The highest BCUT2D eigenvalue weighted by Gasteiger charge is 2.23. The second kappa shape index (κ2) is 7.48. The van der Waals surface area contributed by atoms with Crippen LogP contribution >= 0.6 is 0 Å². The number of para-hydroxylation sites is 1. The number of hydrogen-bond donors (Lipinski definition) is 1. The van der Waals surface area contributed by atoms with Crippen molar-refractivity contribution in [1.82, 2.24) is 5.32 Å². The fourth-order valence-corrected chi connectivity index (χ4v) is 2.36. The first-order valence-corrected chi connectivity index (χ1v) is 7.03. The van der Waals surface area contributed by atoms with Gasteiger partial charge < -0.3 is 19.5 Å². The Morgan fingerprint density at radius 2 is 2.00 bits per heavy atom. The molecule has 1 N–H and O–H groups in total. The second-order valence-corrected chi connectivity index (χ2v) is 4.49. The number of benzene rings is 1. The Labute approximate surface area is 115 Å². The van der Waals surface area contributed by atoms with E-state index in [0.717, 1.165) is 18.7 Å². The van der Waals surface area contributed by atoms with Gasteiger partial charge in [0.05, 0.1) is 19.8 Å². The summed E-state index contributed by atoms with van der Waals surface area (Å²) in [6.07, 6.45) is 0.691. The number of hydrogen-bond acceptors (Lipinski definition) is 4. The minimum Gasteiger partial charge on any atom is -0.494 e. The average molecular weight is 265 g/mol. The van der Waals surface area contributed by atoms with Crippen molar-refractivity contribution in [2.24, 2.45) is 0 Å². The van der Waals surface area contributed by atoms with E-state index in [1.165, 1.54) is 5.56 Å². The topological polar surface area (TPSA) is 39.7 Å². The second-order valence-electron chi connectivity index (χ2n) is 4.49. The highest BCUT2D eigenvalue weighted by atomic mass is 16.7. The van der Waals surface area contributed by atoms with Crippen molar-refractivity contribution in [3.8, 4) is 5.75 Å². The molecule has 0 spiro atoms. The van der Waals surface area contributed by atoms with E-state index < -0.39 is 0 Å². The maximum absolute atomic E-state index is 5.71. The molecule has 19 heavy (non-hydrogen) atoms. The molecule has 1 unspecified atom stereocenters. The van der Waals surface area contributed by atoms with Crippen molar-refractivity contribution < 1.29 is 14.2 Å². The molecule has 106 valence electrons. The van der Waals surface area contributed by atoms with Crippen molar-refractivity contribution >= 4 is 0 Å². The smallest absolute Gasteiger partial charge is 0.159 e. The van der Waals surface area contributed by atoms with Gasteiger partial charge in [-0.05, 0) is 19.5 Å². The highest BCUT2D eigenvalue weighted by molar-refractivity contribution is 5.36. The third kappa shape index (κ3) is 3.93. The standard InChI is InChI=1S/C15H23NO3/c1-3-16-13(11-15-18-9-10-19-15)12-7-5-6-8-14(12)17-4-2/h5-8,13,15-16H,3-4,9-11H2,1-2H3. The highest BCUT2D eigenvalue weighted by Crippen LogP contribution is 2.29. The minimum absolute atomic E-state index is 0.112. The fraction of sp³-hybridized carbons (Fsp3) is 0.600. The number of rotatable bonds is 7. The third-order valence-electron chi connectivity index (χ3n) is 3.16. The molecule has 0 aromatic heterocycles. The summed E-state index contributed by atoms with van der Waals surface area (Å²) < 4.78 is 16.8. The molecule has 4 heteroatoms. The van der Waals surface area contributed by atoms with Crippen molar-refractivity contribution in [3.63, 3.8) is 0 Å². The van der Waals surface area contributed by atoms with E-state index >= 15 is 0 Å². The van der Waals surface area contributed by atoms with Crippen LogP contribution in [0.25, 0.3) is 0 Å². The Morgan fingerprint density at radius 3 is 2.68 bits per heavy atom. The van der Waals surface area contributed by atoms with Gasteiger partial charge >= 0.3 is 0 Å². The van der Waals surface area contributed by atoms with Crippen LogP contribution < -0.4 is 10.1 Å². The molecule has 1 aromatic rings. The lowest BCUT2D eigenvalue weighted by Gasteiger charge is -2.23. The predicted molar refractivity (Wildman–Crippen MR) is 74.3 cm³/mol. The zero-order valence-corrected chi connectivity index (χ0v) is 11.7. The monoisotopic (exact) mass is 265 g/mol. The van der Waals surface area contributed by atoms with E-state index in [-0.39, 0.29) is 12.3 Å². The third-order valence-corrected chi connectivity index (χ3v) is 3.16. The Morgan fingerprint density at radius 1 is 1.26 bits per heavy atom. The zero-order valence-electron chi connectivity index (χ0n) is 11.7. The van der Waals surface area contributed by atoms with Gasteiger partial charge in [0.2, 0.25) is 0 Å². The van der Waals surface area contributed by atoms with Gasteiger partial charge in [-0.15, -0.1) is 0 Å². The SMILES string of the molecule is CCNC(CC1OCCO1)c1ccccc1OCC. The molecule has 1 aliphatic heterocycles. The van der Waals surface area contributed by atoms with E-state index in [9.17, 15) is 0 Å². The van der Waals surface area contributed by atoms with Crippen LogP contribution in [0, 0.1) is 0 Å². The first-order valence-electron chi connectivity index (χ1n) is 7.03. The van der Waals surface area contributed by atoms with Crippen molar-refractivity contribution in [2.45, 2.75) is 32.6 Å². The normalized spacial score (nSPS) is 17.6. The summed E-state index contributed by atoms with van der Waals surface area (Å²) in [6, 6.07) is 8.35. The van der Waals surface area contributed by atoms with Crippen LogP contribution in [-0.2, 0) is 9.47 Å². The molecule has 1 aliphatic rings. The van der Waals surface area contributed by atoms with Crippen molar-refractivity contribution in [2.75, 3.05) is 26.4 Å². The molecule has 0 saturated carbocycles. The summed E-state index contributed by atoms with van der Waals surface area (Å²) in [7, 11) is 0. The van der Waals surface area contributed by atoms with Gasteiger partial charge in [-0.3, -0.25) is 0 Å². The summed E-state index contributed by atoms with van der Waals surface area (Å²) in [4.78, 5) is 0. The Kier molecular flexibility index (Phi) is 5.63. The first kappa shape index (κ1) is 14.3. The van der Waals surface area contributed by atoms with Crippen LogP contribution in [-0.4, -0.2) is 32.7 Å².